The molecule has 0 bridgehead atoms. The Hall–Kier alpha value is -6.64. The maximum atomic E-state index is 3.78. The van der Waals surface area contributed by atoms with E-state index in [9.17, 15) is 0 Å². The van der Waals surface area contributed by atoms with Crippen LogP contribution < -0.4 is 4.90 Å². The van der Waals surface area contributed by atoms with E-state index in [2.05, 4.69) is 210 Å². The molecule has 2 heteroatoms. The minimum absolute atomic E-state index is 0.327. The molecule has 1 aliphatic carbocycles. The summed E-state index contributed by atoms with van der Waals surface area (Å²) < 4.78 is 0. The molecule has 0 spiro atoms. The van der Waals surface area contributed by atoms with Gasteiger partial charge in [0, 0.05) is 44.3 Å². The number of benzene rings is 8. The number of H-pyrrole nitrogens is 1. The van der Waals surface area contributed by atoms with Gasteiger partial charge in [0.2, 0.25) is 0 Å². The first-order valence-corrected chi connectivity index (χ1v) is 18.5. The van der Waals surface area contributed by atoms with Crippen LogP contribution in [-0.2, 0) is 18.3 Å². The molecule has 0 radical (unpaired) electrons. The number of rotatable bonds is 8. The van der Waals surface area contributed by atoms with Crippen molar-refractivity contribution in [3.63, 3.8) is 0 Å². The summed E-state index contributed by atoms with van der Waals surface area (Å²) in [5, 5.41) is 2.52. The molecular formula is C51H38N2. The highest BCUT2D eigenvalue weighted by Gasteiger charge is 2.44. The highest BCUT2D eigenvalue weighted by molar-refractivity contribution is 6.12. The molecule has 0 saturated carbocycles. The van der Waals surface area contributed by atoms with Crippen LogP contribution in [0, 0.1) is 0 Å². The molecule has 9 aromatic rings. The van der Waals surface area contributed by atoms with E-state index in [1.807, 2.05) is 0 Å². The van der Waals surface area contributed by atoms with Gasteiger partial charge in [0.15, 0.2) is 0 Å². The Labute approximate surface area is 310 Å². The zero-order chi connectivity index (χ0) is 35.2. The minimum atomic E-state index is -0.327. The second kappa shape index (κ2) is 12.8. The van der Waals surface area contributed by atoms with E-state index in [1.54, 1.807) is 0 Å². The monoisotopic (exact) mass is 678 g/mol. The second-order valence-corrected chi connectivity index (χ2v) is 14.3. The van der Waals surface area contributed by atoms with Gasteiger partial charge in [-0.1, -0.05) is 152 Å². The quantitative estimate of drug-likeness (QED) is 0.169. The summed E-state index contributed by atoms with van der Waals surface area (Å²) in [7, 11) is 0. The van der Waals surface area contributed by atoms with Crippen LogP contribution in [0.4, 0.5) is 17.1 Å². The molecule has 8 aromatic carbocycles. The Morgan fingerprint density at radius 2 is 0.925 bits per heavy atom. The van der Waals surface area contributed by atoms with E-state index < -0.39 is 0 Å². The Balaban J connectivity index is 1.22. The normalized spacial score (nSPS) is 12.8. The number of hydrogen-bond acceptors (Lipinski definition) is 1. The maximum Gasteiger partial charge on any atom is 0.0544 e. The lowest BCUT2D eigenvalue weighted by molar-refractivity contribution is 0.520. The first kappa shape index (κ1) is 31.1. The Kier molecular flexibility index (Phi) is 7.54. The van der Waals surface area contributed by atoms with Gasteiger partial charge in [0.05, 0.1) is 5.52 Å². The van der Waals surface area contributed by atoms with Crippen LogP contribution in [0.2, 0.25) is 0 Å². The number of anilines is 3. The van der Waals surface area contributed by atoms with E-state index in [4.69, 9.17) is 0 Å². The molecule has 1 aromatic heterocycles. The molecule has 0 amide bonds. The third kappa shape index (κ3) is 5.34. The van der Waals surface area contributed by atoms with E-state index >= 15 is 0 Å². The molecule has 252 valence electrons. The number of hydrogen-bond donors (Lipinski definition) is 1. The summed E-state index contributed by atoms with van der Waals surface area (Å²) in [5.74, 6) is 0. The largest absolute Gasteiger partial charge is 0.354 e. The van der Waals surface area contributed by atoms with Crippen molar-refractivity contribution < 1.29 is 0 Å². The first-order valence-electron chi connectivity index (χ1n) is 18.5. The van der Waals surface area contributed by atoms with Gasteiger partial charge in [0.25, 0.3) is 0 Å². The summed E-state index contributed by atoms with van der Waals surface area (Å²) in [6.45, 7) is 0. The van der Waals surface area contributed by atoms with Gasteiger partial charge in [0.1, 0.15) is 0 Å². The van der Waals surface area contributed by atoms with Crippen molar-refractivity contribution in [1.29, 1.82) is 0 Å². The van der Waals surface area contributed by atoms with Crippen molar-refractivity contribution in [3.05, 3.63) is 222 Å². The van der Waals surface area contributed by atoms with Crippen LogP contribution in [-0.4, -0.2) is 4.98 Å². The predicted molar refractivity (Wildman–Crippen MR) is 222 cm³/mol. The smallest absolute Gasteiger partial charge is 0.0544 e. The molecule has 0 atom stereocenters. The van der Waals surface area contributed by atoms with Crippen LogP contribution in [0.15, 0.2) is 200 Å². The molecule has 1 aliphatic rings. The van der Waals surface area contributed by atoms with Gasteiger partial charge >= 0.3 is 0 Å². The molecular weight excluding hydrogens is 641 g/mol. The number of fused-ring (bicyclic) bond motifs is 6. The molecule has 0 fully saturated rings. The van der Waals surface area contributed by atoms with Crippen LogP contribution in [0.1, 0.15) is 22.3 Å². The average Bonchev–Trinajstić information content (AvgIpc) is 3.72. The lowest BCUT2D eigenvalue weighted by Crippen LogP contribution is -2.31. The number of nitrogens with zero attached hydrogens (tertiary/aromatic N) is 1. The van der Waals surface area contributed by atoms with Crippen LogP contribution in [0.3, 0.4) is 0 Å². The summed E-state index contributed by atoms with van der Waals surface area (Å²) >= 11 is 0. The molecule has 1 N–H and O–H groups in total. The zero-order valence-electron chi connectivity index (χ0n) is 29.4. The van der Waals surface area contributed by atoms with Gasteiger partial charge in [-0.3, -0.25) is 0 Å². The second-order valence-electron chi connectivity index (χ2n) is 14.3. The van der Waals surface area contributed by atoms with Crippen molar-refractivity contribution in [2.24, 2.45) is 0 Å². The van der Waals surface area contributed by atoms with E-state index in [0.717, 1.165) is 29.9 Å². The minimum Gasteiger partial charge on any atom is -0.354 e. The van der Waals surface area contributed by atoms with Gasteiger partial charge in [-0.2, -0.15) is 0 Å². The number of para-hydroxylation sites is 4. The fraction of sp³-hybridized carbons (Fsp3) is 0.0588. The van der Waals surface area contributed by atoms with E-state index in [0.29, 0.717) is 0 Å². The van der Waals surface area contributed by atoms with Gasteiger partial charge in [-0.15, -0.1) is 0 Å². The Bertz CT molecular complexity index is 2630. The predicted octanol–water partition coefficient (Wildman–Crippen LogP) is 13.2. The summed E-state index contributed by atoms with van der Waals surface area (Å²) in [4.78, 5) is 6.17. The van der Waals surface area contributed by atoms with Crippen molar-refractivity contribution >= 4 is 38.9 Å². The molecule has 0 unspecified atom stereocenters. The van der Waals surface area contributed by atoms with Crippen molar-refractivity contribution in [1.82, 2.24) is 4.98 Å². The van der Waals surface area contributed by atoms with Crippen LogP contribution in [0.25, 0.3) is 44.1 Å². The fourth-order valence-electron chi connectivity index (χ4n) is 8.84. The lowest BCUT2D eigenvalue weighted by atomic mass is 9.69. The third-order valence-electron chi connectivity index (χ3n) is 11.2. The third-order valence-corrected chi connectivity index (χ3v) is 11.2. The topological polar surface area (TPSA) is 19.0 Å². The Morgan fingerprint density at radius 1 is 0.396 bits per heavy atom. The summed E-state index contributed by atoms with van der Waals surface area (Å²) in [6.07, 6.45) is 1.76. The number of nitrogens with one attached hydrogen (secondary N) is 1. The molecule has 0 aliphatic heterocycles. The van der Waals surface area contributed by atoms with Crippen LogP contribution >= 0.6 is 0 Å². The summed E-state index contributed by atoms with van der Waals surface area (Å²) in [6, 6.07) is 73.3. The van der Waals surface area contributed by atoms with Crippen molar-refractivity contribution in [2.75, 3.05) is 4.90 Å². The van der Waals surface area contributed by atoms with E-state index in [-0.39, 0.29) is 5.41 Å². The number of aromatic nitrogens is 1. The zero-order valence-corrected chi connectivity index (χ0v) is 29.4. The van der Waals surface area contributed by atoms with Crippen molar-refractivity contribution in [3.8, 4) is 22.3 Å². The fourth-order valence-corrected chi connectivity index (χ4v) is 8.84. The molecule has 0 saturated heterocycles. The van der Waals surface area contributed by atoms with Gasteiger partial charge < -0.3 is 9.88 Å². The first-order chi connectivity index (χ1) is 26.2. The average molecular weight is 679 g/mol. The Morgan fingerprint density at radius 3 is 1.57 bits per heavy atom. The SMILES string of the molecule is c1ccc(CC2(Cc3ccccc3)c3cc(-c4cccc5c4[nH]c4ccccc45)ccc3-c3ccc(N(c4ccccc4)c4ccccc4)cc32)cc1. The highest BCUT2D eigenvalue weighted by atomic mass is 15.1. The lowest BCUT2D eigenvalue weighted by Gasteiger charge is -2.34. The molecule has 10 rings (SSSR count). The van der Waals surface area contributed by atoms with Crippen LogP contribution in [0.5, 0.6) is 0 Å². The molecule has 2 nitrogen and oxygen atoms in total. The number of aromatic amines is 1. The van der Waals surface area contributed by atoms with E-state index in [1.165, 1.54) is 66.3 Å². The standard InChI is InChI=1S/C51H38N2/c1-5-16-36(17-6-1)34-51(35-37-18-7-2-8-19-37)47-32-38(42-25-15-26-46-45-24-13-14-27-49(45)52-50(42)46)28-30-43(47)44-31-29-41(33-48(44)51)53(39-20-9-3-10-21-39)40-22-11-4-12-23-40/h1-33,52H,34-35H2. The van der Waals surface area contributed by atoms with Crippen molar-refractivity contribution in [2.45, 2.75) is 18.3 Å². The van der Waals surface area contributed by atoms with Gasteiger partial charge in [-0.05, 0) is 100 Å². The molecule has 53 heavy (non-hydrogen) atoms. The van der Waals surface area contributed by atoms with Gasteiger partial charge in [-0.25, -0.2) is 0 Å². The molecule has 1 heterocycles. The maximum absolute atomic E-state index is 3.78. The highest BCUT2D eigenvalue weighted by Crippen LogP contribution is 2.55. The summed E-state index contributed by atoms with van der Waals surface area (Å²) in [5.41, 5.74) is 16.0.